The van der Waals surface area contributed by atoms with Gasteiger partial charge in [-0.3, -0.25) is 4.79 Å². The summed E-state index contributed by atoms with van der Waals surface area (Å²) in [5.74, 6) is -0.0621. The van der Waals surface area contributed by atoms with Gasteiger partial charge in [0.15, 0.2) is 0 Å². The van der Waals surface area contributed by atoms with E-state index in [0.29, 0.717) is 0 Å². The van der Waals surface area contributed by atoms with Gasteiger partial charge in [-0.25, -0.2) is 0 Å². The molecule has 1 heterocycles. The summed E-state index contributed by atoms with van der Waals surface area (Å²) in [6.45, 7) is 3.91. The molecule has 0 spiro atoms. The van der Waals surface area contributed by atoms with E-state index < -0.39 is 5.54 Å². The number of amides is 1. The summed E-state index contributed by atoms with van der Waals surface area (Å²) >= 11 is 0. The van der Waals surface area contributed by atoms with Gasteiger partial charge in [-0.2, -0.15) is 0 Å². The minimum atomic E-state index is -0.404. The second-order valence-electron chi connectivity index (χ2n) is 7.88. The maximum Gasteiger partial charge on any atom is 0.229 e. The number of carbonyl (C=O) groups excluding carboxylic acids is 1. The first-order chi connectivity index (χ1) is 11.9. The molecule has 0 radical (unpaired) electrons. The summed E-state index contributed by atoms with van der Waals surface area (Å²) in [6, 6.07) is 8.24. The Kier molecular flexibility index (Phi) is 8.61. The van der Waals surface area contributed by atoms with Crippen LogP contribution < -0.4 is 11.1 Å². The lowest BCUT2D eigenvalue weighted by molar-refractivity contribution is -0.122. The van der Waals surface area contributed by atoms with Crippen LogP contribution in [0.1, 0.15) is 32.6 Å². The van der Waals surface area contributed by atoms with Crippen LogP contribution in [0.4, 0.5) is 5.69 Å². The van der Waals surface area contributed by atoms with Gasteiger partial charge >= 0.3 is 0 Å². The second-order valence-corrected chi connectivity index (χ2v) is 7.88. The summed E-state index contributed by atoms with van der Waals surface area (Å²) in [5.41, 5.74) is 7.97. The third kappa shape index (κ3) is 5.61. The van der Waals surface area contributed by atoms with Crippen LogP contribution in [-0.2, 0) is 11.3 Å². The van der Waals surface area contributed by atoms with Gasteiger partial charge in [-0.15, -0.1) is 24.8 Å². The van der Waals surface area contributed by atoms with E-state index in [-0.39, 0.29) is 36.6 Å². The molecule has 1 aromatic heterocycles. The molecule has 0 aliphatic heterocycles. The number of halogens is 2. The standard InChI is InChI=1S/C20H30N4O.2ClH/c1-20(21)10-5-4-6-17(20)19(25)22-16-8-7-15-9-11-24(18(15)14-16)13-12-23(2)3;;/h7-9,11,14,17H,4-6,10,12-13,21H2,1-3H3,(H,22,25);2*1H. The van der Waals surface area contributed by atoms with Crippen LogP contribution in [0.5, 0.6) is 0 Å². The fourth-order valence-corrected chi connectivity index (χ4v) is 3.78. The highest BCUT2D eigenvalue weighted by Crippen LogP contribution is 2.32. The van der Waals surface area contributed by atoms with Crippen molar-refractivity contribution >= 4 is 47.3 Å². The molecular formula is C20H32Cl2N4O. The highest BCUT2D eigenvalue weighted by atomic mass is 35.5. The van der Waals surface area contributed by atoms with Gasteiger partial charge in [0.2, 0.25) is 5.91 Å². The van der Waals surface area contributed by atoms with Crippen molar-refractivity contribution in [1.82, 2.24) is 9.47 Å². The van der Waals surface area contributed by atoms with Gasteiger partial charge in [0.05, 0.1) is 11.4 Å². The third-order valence-corrected chi connectivity index (χ3v) is 5.40. The van der Waals surface area contributed by atoms with E-state index >= 15 is 0 Å². The number of nitrogens with two attached hydrogens (primary N) is 1. The first kappa shape index (κ1) is 23.8. The molecule has 0 bridgehead atoms. The Bertz CT molecular complexity index is 758. The van der Waals surface area contributed by atoms with Gasteiger partial charge in [0, 0.05) is 30.5 Å². The summed E-state index contributed by atoms with van der Waals surface area (Å²) < 4.78 is 2.23. The average molecular weight is 415 g/mol. The summed E-state index contributed by atoms with van der Waals surface area (Å²) in [4.78, 5) is 14.9. The molecule has 3 rings (SSSR count). The highest BCUT2D eigenvalue weighted by molar-refractivity contribution is 5.95. The smallest absolute Gasteiger partial charge is 0.229 e. The monoisotopic (exact) mass is 414 g/mol. The molecular weight excluding hydrogens is 383 g/mol. The van der Waals surface area contributed by atoms with Crippen LogP contribution in [0.3, 0.4) is 0 Å². The first-order valence-corrected chi connectivity index (χ1v) is 9.20. The number of anilines is 1. The lowest BCUT2D eigenvalue weighted by Crippen LogP contribution is -2.51. The molecule has 152 valence electrons. The first-order valence-electron chi connectivity index (χ1n) is 9.20. The molecule has 5 nitrogen and oxygen atoms in total. The van der Waals surface area contributed by atoms with E-state index in [2.05, 4.69) is 53.3 Å². The van der Waals surface area contributed by atoms with Crippen LogP contribution >= 0.6 is 24.8 Å². The van der Waals surface area contributed by atoms with Crippen molar-refractivity contribution < 1.29 is 4.79 Å². The summed E-state index contributed by atoms with van der Waals surface area (Å²) in [5, 5.41) is 4.29. The Morgan fingerprint density at radius 2 is 2.04 bits per heavy atom. The van der Waals surface area contributed by atoms with E-state index in [1.807, 2.05) is 13.0 Å². The van der Waals surface area contributed by atoms with Crippen molar-refractivity contribution in [2.24, 2.45) is 11.7 Å². The Morgan fingerprint density at radius 1 is 1.30 bits per heavy atom. The van der Waals surface area contributed by atoms with Crippen molar-refractivity contribution in [1.29, 1.82) is 0 Å². The van der Waals surface area contributed by atoms with Crippen molar-refractivity contribution in [3.8, 4) is 0 Å². The number of likely N-dealkylation sites (N-methyl/N-ethyl adjacent to an activating group) is 1. The fourth-order valence-electron chi connectivity index (χ4n) is 3.78. The molecule has 1 aliphatic rings. The molecule has 1 amide bonds. The van der Waals surface area contributed by atoms with Crippen molar-refractivity contribution in [2.75, 3.05) is 26.0 Å². The van der Waals surface area contributed by atoms with E-state index in [1.54, 1.807) is 0 Å². The zero-order valence-corrected chi connectivity index (χ0v) is 18.0. The molecule has 1 saturated carbocycles. The zero-order valence-electron chi connectivity index (χ0n) is 16.4. The predicted octanol–water partition coefficient (Wildman–Crippen LogP) is 3.89. The minimum absolute atomic E-state index is 0. The van der Waals surface area contributed by atoms with Gasteiger partial charge in [0.25, 0.3) is 0 Å². The van der Waals surface area contributed by atoms with E-state index in [9.17, 15) is 4.79 Å². The van der Waals surface area contributed by atoms with Crippen LogP contribution in [0.2, 0.25) is 0 Å². The molecule has 1 aliphatic carbocycles. The van der Waals surface area contributed by atoms with Crippen LogP contribution in [0.25, 0.3) is 10.9 Å². The zero-order chi connectivity index (χ0) is 18.0. The predicted molar refractivity (Wildman–Crippen MR) is 118 cm³/mol. The van der Waals surface area contributed by atoms with E-state index in [4.69, 9.17) is 5.73 Å². The summed E-state index contributed by atoms with van der Waals surface area (Å²) in [6.07, 6.45) is 6.09. The minimum Gasteiger partial charge on any atom is -0.346 e. The Morgan fingerprint density at radius 3 is 2.70 bits per heavy atom. The summed E-state index contributed by atoms with van der Waals surface area (Å²) in [7, 11) is 4.15. The van der Waals surface area contributed by atoms with Gasteiger partial charge in [-0.1, -0.05) is 18.9 Å². The number of hydrogen-bond acceptors (Lipinski definition) is 3. The molecule has 2 aromatic rings. The Labute approximate surface area is 174 Å². The van der Waals surface area contributed by atoms with E-state index in [1.165, 1.54) is 5.39 Å². The van der Waals surface area contributed by atoms with Gasteiger partial charge < -0.3 is 20.5 Å². The maximum absolute atomic E-state index is 12.8. The van der Waals surface area contributed by atoms with Crippen LogP contribution in [-0.4, -0.2) is 41.6 Å². The Balaban J connectivity index is 0.00000182. The number of hydrogen-bond donors (Lipinski definition) is 2. The van der Waals surface area contributed by atoms with Crippen molar-refractivity contribution in [3.05, 3.63) is 30.5 Å². The average Bonchev–Trinajstić information content (AvgIpc) is 2.94. The van der Waals surface area contributed by atoms with Crippen LogP contribution in [0.15, 0.2) is 30.5 Å². The number of rotatable bonds is 5. The quantitative estimate of drug-likeness (QED) is 0.779. The van der Waals surface area contributed by atoms with Gasteiger partial charge in [-0.05, 0) is 57.4 Å². The molecule has 27 heavy (non-hydrogen) atoms. The second kappa shape index (κ2) is 9.78. The fraction of sp³-hybridized carbons (Fsp3) is 0.550. The SMILES string of the molecule is CN(C)CCn1ccc2ccc(NC(=O)C3CCCCC3(C)N)cc21.Cl.Cl. The molecule has 3 N–H and O–H groups in total. The third-order valence-electron chi connectivity index (χ3n) is 5.40. The van der Waals surface area contributed by atoms with Gasteiger partial charge in [0.1, 0.15) is 0 Å². The molecule has 1 aromatic carbocycles. The van der Waals surface area contributed by atoms with Crippen molar-refractivity contribution in [3.63, 3.8) is 0 Å². The molecule has 7 heteroatoms. The normalized spacial score (nSPS) is 22.2. The lowest BCUT2D eigenvalue weighted by atomic mass is 9.74. The highest BCUT2D eigenvalue weighted by Gasteiger charge is 2.37. The number of nitrogens with one attached hydrogen (secondary N) is 1. The van der Waals surface area contributed by atoms with Crippen LogP contribution in [0, 0.1) is 5.92 Å². The number of nitrogens with zero attached hydrogens (tertiary/aromatic N) is 2. The molecule has 2 unspecified atom stereocenters. The molecule has 0 saturated heterocycles. The van der Waals surface area contributed by atoms with E-state index in [0.717, 1.165) is 50.0 Å². The number of benzene rings is 1. The number of aromatic nitrogens is 1. The maximum atomic E-state index is 12.8. The largest absolute Gasteiger partial charge is 0.346 e. The number of fused-ring (bicyclic) bond motifs is 1. The molecule has 2 atom stereocenters. The topological polar surface area (TPSA) is 63.3 Å². The van der Waals surface area contributed by atoms with Crippen molar-refractivity contribution in [2.45, 2.75) is 44.7 Å². The Hall–Kier alpha value is -1.27. The number of carbonyl (C=O) groups is 1. The lowest BCUT2D eigenvalue weighted by Gasteiger charge is -2.37. The molecule has 1 fully saturated rings.